The molecule has 6 heavy (non-hydrogen) atoms. The van der Waals surface area contributed by atoms with E-state index in [4.69, 9.17) is 5.11 Å². The fraction of sp³-hybridized carbons (Fsp3) is 0.500. The van der Waals surface area contributed by atoms with Gasteiger partial charge in [0.1, 0.15) is 0 Å². The second-order valence-electron chi connectivity index (χ2n) is 0.236. The van der Waals surface area contributed by atoms with Gasteiger partial charge in [0.15, 0.2) is 0 Å². The van der Waals surface area contributed by atoms with Gasteiger partial charge >= 0.3 is 175 Å². The molecule has 0 aliphatic rings. The summed E-state index contributed by atoms with van der Waals surface area (Å²) in [5.41, 5.74) is 0. The van der Waals surface area contributed by atoms with E-state index < -0.39 is 0 Å². The summed E-state index contributed by atoms with van der Waals surface area (Å²) < 4.78 is 0. The van der Waals surface area contributed by atoms with E-state index in [1.807, 2.05) is 0 Å². The van der Waals surface area contributed by atoms with Crippen molar-refractivity contribution in [3.8, 4) is 0 Å². The zero-order valence-corrected chi connectivity index (χ0v) is 19.7. The first-order chi connectivity index (χ1) is 1.41. The number of hydrogen-bond acceptors (Lipinski definition) is 1. The van der Waals surface area contributed by atoms with Gasteiger partial charge in [-0.2, -0.15) is 0 Å². The monoisotopic (exact) mass is 299 g/mol. The molecule has 0 rings (SSSR count). The van der Waals surface area contributed by atoms with Crippen molar-refractivity contribution < 1.29 is 180 Å². The second-order valence-corrected chi connectivity index (χ2v) is 0.236. The van der Waals surface area contributed by atoms with Crippen molar-refractivity contribution in [2.24, 2.45) is 0 Å². The van der Waals surface area contributed by atoms with Crippen LogP contribution < -0.4 is 180 Å². The molecule has 0 atom stereocenters. The van der Waals surface area contributed by atoms with Crippen LogP contribution >= 0.6 is 0 Å². The van der Waals surface area contributed by atoms with E-state index in [9.17, 15) is 0 Å². The van der Waals surface area contributed by atoms with Gasteiger partial charge in [0, 0.05) is 0 Å². The molecule has 0 N–H and O–H groups in total. The van der Waals surface area contributed by atoms with Gasteiger partial charge in [0.2, 0.25) is 0 Å². The summed E-state index contributed by atoms with van der Waals surface area (Å²) in [7, 11) is 0. The third-order valence-electron chi connectivity index (χ3n) is 0. The van der Waals surface area contributed by atoms with Crippen LogP contribution in [0.25, 0.3) is 0 Å². The Hall–Kier alpha value is 5.38. The fourth-order valence-corrected chi connectivity index (χ4v) is 0. The van der Waals surface area contributed by atoms with Crippen molar-refractivity contribution in [3.05, 3.63) is 6.61 Å². The molecule has 0 saturated heterocycles. The predicted octanol–water partition coefficient (Wildman–Crippen LogP) is -9.46. The Labute approximate surface area is 186 Å². The second kappa shape index (κ2) is 22.4. The molecule has 0 spiro atoms. The summed E-state index contributed by atoms with van der Waals surface area (Å²) >= 11 is 0. The third kappa shape index (κ3) is 22.8. The summed E-state index contributed by atoms with van der Waals surface area (Å²) in [6.07, 6.45) is 0. The molecule has 0 amide bonds. The summed E-state index contributed by atoms with van der Waals surface area (Å²) in [6, 6.07) is 0. The molecule has 0 aliphatic carbocycles. The zero-order chi connectivity index (χ0) is 2.71. The fourth-order valence-electron chi connectivity index (χ4n) is 0. The molecule has 20 valence electrons. The molecule has 0 heterocycles. The summed E-state index contributed by atoms with van der Waals surface area (Å²) in [5, 5.41) is 8.81. The van der Waals surface area contributed by atoms with E-state index >= 15 is 0 Å². The normalized spacial score (nSPS) is 3.00. The van der Waals surface area contributed by atoms with Crippen LogP contribution in [0, 0.1) is 6.61 Å². The Morgan fingerprint density at radius 3 is 1.17 bits per heavy atom. The largest absolute Gasteiger partial charge is 1.03 e. The van der Waals surface area contributed by atoms with Crippen molar-refractivity contribution in [3.63, 3.8) is 0 Å². The smallest absolute Gasteiger partial charge is 1.00 e. The molecule has 0 saturated carbocycles. The Balaban J connectivity index is -0.00000000667. The maximum atomic E-state index is 8.81. The van der Waals surface area contributed by atoms with Gasteiger partial charge in [-0.25, -0.2) is 6.92 Å². The minimum atomic E-state index is 0. The van der Waals surface area contributed by atoms with Crippen LogP contribution in [0.3, 0.4) is 0 Å². The van der Waals surface area contributed by atoms with Gasteiger partial charge < -0.3 is 11.7 Å². The van der Waals surface area contributed by atoms with E-state index in [1.54, 1.807) is 0 Å². The van der Waals surface area contributed by atoms with E-state index in [1.165, 1.54) is 6.92 Å². The summed E-state index contributed by atoms with van der Waals surface area (Å²) in [5.74, 6) is 0. The molecular weight excluding hydrogens is 296 g/mol. The number of rotatable bonds is 0. The summed E-state index contributed by atoms with van der Waals surface area (Å²) in [6.45, 7) is 2.19. The molecule has 0 radical (unpaired) electrons. The van der Waals surface area contributed by atoms with Crippen LogP contribution in [0.1, 0.15) is 6.92 Å². The molecule has 0 aromatic carbocycles. The molecule has 0 bridgehead atoms. The van der Waals surface area contributed by atoms with Crippen LogP contribution in [-0.2, 0) is 0 Å². The third-order valence-corrected chi connectivity index (χ3v) is 0. The Bertz CT molecular complexity index is 8.75. The molecular formula is C2H4ORb3+. The average molecular weight is 300 g/mol. The molecule has 4 heteroatoms. The summed E-state index contributed by atoms with van der Waals surface area (Å²) in [4.78, 5) is 0. The molecule has 0 fully saturated rings. The standard InChI is InChI=1S/C2H4O.3Rb/c1-2-3;;;/h2H,1H3;;;/q-2;3*+1. The first-order valence-electron chi connectivity index (χ1n) is 0.813. The van der Waals surface area contributed by atoms with Crippen LogP contribution in [0.5, 0.6) is 0 Å². The SMILES string of the molecule is C[CH-][O-].[Rb+].[Rb+].[Rb+]. The Morgan fingerprint density at radius 1 is 1.17 bits per heavy atom. The van der Waals surface area contributed by atoms with Crippen molar-refractivity contribution in [1.29, 1.82) is 0 Å². The minimum Gasteiger partial charge on any atom is -1.03 e. The van der Waals surface area contributed by atoms with Gasteiger partial charge in [-0.05, 0) is 0 Å². The van der Waals surface area contributed by atoms with E-state index in [0.29, 0.717) is 0 Å². The molecule has 0 unspecified atom stereocenters. The molecule has 0 aromatic rings. The molecule has 1 nitrogen and oxygen atoms in total. The Morgan fingerprint density at radius 2 is 1.17 bits per heavy atom. The van der Waals surface area contributed by atoms with E-state index in [0.717, 1.165) is 6.61 Å². The minimum absolute atomic E-state index is 0. The topological polar surface area (TPSA) is 23.1 Å². The van der Waals surface area contributed by atoms with Gasteiger partial charge in [-0.1, -0.05) is 0 Å². The predicted molar refractivity (Wildman–Crippen MR) is 9.97 cm³/mol. The van der Waals surface area contributed by atoms with Gasteiger partial charge in [0.25, 0.3) is 0 Å². The van der Waals surface area contributed by atoms with Crippen LogP contribution in [-0.4, -0.2) is 0 Å². The first-order valence-corrected chi connectivity index (χ1v) is 0.813. The van der Waals surface area contributed by atoms with Crippen LogP contribution in [0.15, 0.2) is 0 Å². The van der Waals surface area contributed by atoms with Gasteiger partial charge in [-0.15, -0.1) is 0 Å². The van der Waals surface area contributed by atoms with Crippen molar-refractivity contribution in [2.75, 3.05) is 0 Å². The van der Waals surface area contributed by atoms with Crippen LogP contribution in [0.4, 0.5) is 0 Å². The zero-order valence-electron chi connectivity index (χ0n) is 4.99. The molecule has 0 aliphatic heterocycles. The average Bonchev–Trinajstić information content (AvgIpc) is 0.918. The number of hydrogen-bond donors (Lipinski definition) is 0. The van der Waals surface area contributed by atoms with Gasteiger partial charge in [0.05, 0.1) is 0 Å². The van der Waals surface area contributed by atoms with Crippen molar-refractivity contribution in [1.82, 2.24) is 0 Å². The van der Waals surface area contributed by atoms with Crippen molar-refractivity contribution in [2.45, 2.75) is 6.92 Å². The maximum absolute atomic E-state index is 8.81. The maximum Gasteiger partial charge on any atom is 1.00 e. The van der Waals surface area contributed by atoms with E-state index in [-0.39, 0.29) is 175 Å². The van der Waals surface area contributed by atoms with E-state index in [2.05, 4.69) is 0 Å². The van der Waals surface area contributed by atoms with Crippen LogP contribution in [0.2, 0.25) is 0 Å². The first kappa shape index (κ1) is 22.5. The van der Waals surface area contributed by atoms with Gasteiger partial charge in [-0.3, -0.25) is 0 Å². The van der Waals surface area contributed by atoms with Crippen molar-refractivity contribution >= 4 is 0 Å². The quantitative estimate of drug-likeness (QED) is 0.408. The molecule has 0 aromatic heterocycles. The Kier molecular flexibility index (Phi) is 84.2.